The summed E-state index contributed by atoms with van der Waals surface area (Å²) in [5.41, 5.74) is 7.54. The maximum atomic E-state index is 5.66. The summed E-state index contributed by atoms with van der Waals surface area (Å²) in [5.74, 6) is 1.72. The van der Waals surface area contributed by atoms with Crippen LogP contribution in [0.4, 0.5) is 5.69 Å². The fourth-order valence-electron chi connectivity index (χ4n) is 2.76. The first-order chi connectivity index (χ1) is 8.65. The molecule has 0 radical (unpaired) electrons. The van der Waals surface area contributed by atoms with E-state index in [4.69, 9.17) is 5.73 Å². The third-order valence-electron chi connectivity index (χ3n) is 4.04. The minimum absolute atomic E-state index is 0.745. The molecule has 0 amide bonds. The Morgan fingerprint density at radius 3 is 2.83 bits per heavy atom. The van der Waals surface area contributed by atoms with Gasteiger partial charge in [0.1, 0.15) is 0 Å². The molecule has 0 aliphatic carbocycles. The first kappa shape index (κ1) is 13.3. The van der Waals surface area contributed by atoms with Crippen LogP contribution in [-0.4, -0.2) is 23.0 Å². The predicted octanol–water partition coefficient (Wildman–Crippen LogP) is 2.92. The van der Waals surface area contributed by atoms with E-state index in [9.17, 15) is 0 Å². The zero-order chi connectivity index (χ0) is 13.0. The number of rotatable bonds is 3. The van der Waals surface area contributed by atoms with Crippen LogP contribution in [0, 0.1) is 11.8 Å². The van der Waals surface area contributed by atoms with E-state index in [1.165, 1.54) is 32.4 Å². The van der Waals surface area contributed by atoms with Gasteiger partial charge >= 0.3 is 0 Å². The van der Waals surface area contributed by atoms with Gasteiger partial charge in [-0.3, -0.25) is 9.88 Å². The van der Waals surface area contributed by atoms with Crippen molar-refractivity contribution in [2.75, 3.05) is 18.8 Å². The van der Waals surface area contributed by atoms with Crippen molar-refractivity contribution in [2.45, 2.75) is 39.7 Å². The van der Waals surface area contributed by atoms with Crippen LogP contribution in [0.2, 0.25) is 0 Å². The second-order valence-corrected chi connectivity index (χ2v) is 5.79. The van der Waals surface area contributed by atoms with Gasteiger partial charge in [-0.25, -0.2) is 0 Å². The van der Waals surface area contributed by atoms with E-state index in [1.54, 1.807) is 6.20 Å². The highest BCUT2D eigenvalue weighted by Crippen LogP contribution is 2.25. The summed E-state index contributed by atoms with van der Waals surface area (Å²) in [5, 5.41) is 0. The van der Waals surface area contributed by atoms with E-state index in [0.29, 0.717) is 0 Å². The number of hydrogen-bond donors (Lipinski definition) is 1. The third-order valence-corrected chi connectivity index (χ3v) is 4.04. The Bertz CT molecular complexity index is 359. The van der Waals surface area contributed by atoms with E-state index in [0.717, 1.165) is 29.8 Å². The molecular weight excluding hydrogens is 222 g/mol. The van der Waals surface area contributed by atoms with Gasteiger partial charge < -0.3 is 5.73 Å². The molecule has 1 aromatic rings. The molecule has 3 heteroatoms. The number of nitrogens with two attached hydrogens (primary N) is 1. The minimum atomic E-state index is 0.745. The predicted molar refractivity (Wildman–Crippen MR) is 76.1 cm³/mol. The van der Waals surface area contributed by atoms with Gasteiger partial charge in [0.05, 0.1) is 17.6 Å². The van der Waals surface area contributed by atoms with E-state index < -0.39 is 0 Å². The van der Waals surface area contributed by atoms with Gasteiger partial charge in [0.15, 0.2) is 0 Å². The van der Waals surface area contributed by atoms with Crippen LogP contribution < -0.4 is 5.73 Å². The summed E-state index contributed by atoms with van der Waals surface area (Å²) >= 11 is 0. The van der Waals surface area contributed by atoms with Crippen LogP contribution in [0.25, 0.3) is 0 Å². The highest BCUT2D eigenvalue weighted by Gasteiger charge is 2.19. The Labute approximate surface area is 110 Å². The molecule has 0 spiro atoms. The van der Waals surface area contributed by atoms with Gasteiger partial charge in [-0.15, -0.1) is 0 Å². The molecule has 100 valence electrons. The highest BCUT2D eigenvalue weighted by atomic mass is 15.1. The number of anilines is 1. The number of aromatic nitrogens is 1. The number of likely N-dealkylation sites (tertiary alicyclic amines) is 1. The van der Waals surface area contributed by atoms with Crippen LogP contribution in [0.3, 0.4) is 0 Å². The lowest BCUT2D eigenvalue weighted by Gasteiger charge is -2.20. The number of hydrogen-bond acceptors (Lipinski definition) is 3. The summed E-state index contributed by atoms with van der Waals surface area (Å²) in [6.45, 7) is 8.07. The van der Waals surface area contributed by atoms with Crippen LogP contribution in [0.5, 0.6) is 0 Å². The smallest absolute Gasteiger partial charge is 0.0545 e. The van der Waals surface area contributed by atoms with Crippen molar-refractivity contribution in [3.05, 3.63) is 24.0 Å². The Hall–Kier alpha value is -1.09. The van der Waals surface area contributed by atoms with Gasteiger partial charge in [-0.2, -0.15) is 0 Å². The first-order valence-corrected chi connectivity index (χ1v) is 7.08. The highest BCUT2D eigenvalue weighted by molar-refractivity contribution is 5.34. The lowest BCUT2D eigenvalue weighted by atomic mass is 9.89. The Balaban J connectivity index is 1.88. The maximum Gasteiger partial charge on any atom is 0.0545 e. The van der Waals surface area contributed by atoms with Crippen molar-refractivity contribution < 1.29 is 0 Å². The van der Waals surface area contributed by atoms with Crippen LogP contribution in [0.1, 0.15) is 38.8 Å². The van der Waals surface area contributed by atoms with Gasteiger partial charge in [0.2, 0.25) is 0 Å². The van der Waals surface area contributed by atoms with Crippen molar-refractivity contribution in [1.82, 2.24) is 9.88 Å². The molecular formula is C15H25N3. The molecule has 2 rings (SSSR count). The molecule has 0 saturated carbocycles. The SMILES string of the molecule is CC(C)C1CCCN(Cc2ccc(N)cn2)CC1. The number of nitrogens with zero attached hydrogens (tertiary/aromatic N) is 2. The quantitative estimate of drug-likeness (QED) is 0.893. The zero-order valence-electron chi connectivity index (χ0n) is 11.6. The Kier molecular flexibility index (Phi) is 4.59. The number of pyridine rings is 1. The normalized spacial score (nSPS) is 22.1. The van der Waals surface area contributed by atoms with E-state index in [1.807, 2.05) is 12.1 Å². The molecule has 0 aromatic carbocycles. The molecule has 2 N–H and O–H groups in total. The molecule has 1 aliphatic rings. The molecule has 1 saturated heterocycles. The summed E-state index contributed by atoms with van der Waals surface area (Å²) in [6.07, 6.45) is 5.78. The molecule has 3 nitrogen and oxygen atoms in total. The lowest BCUT2D eigenvalue weighted by molar-refractivity contribution is 0.262. The molecule has 1 unspecified atom stereocenters. The minimum Gasteiger partial charge on any atom is -0.397 e. The second kappa shape index (κ2) is 6.19. The zero-order valence-corrected chi connectivity index (χ0v) is 11.6. The van der Waals surface area contributed by atoms with Crippen LogP contribution in [-0.2, 0) is 6.54 Å². The van der Waals surface area contributed by atoms with Gasteiger partial charge in [-0.05, 0) is 56.3 Å². The monoisotopic (exact) mass is 247 g/mol. The summed E-state index contributed by atoms with van der Waals surface area (Å²) in [4.78, 5) is 6.92. The van der Waals surface area contributed by atoms with Gasteiger partial charge in [0, 0.05) is 6.54 Å². The third kappa shape index (κ3) is 3.70. The van der Waals surface area contributed by atoms with Gasteiger partial charge in [-0.1, -0.05) is 13.8 Å². The molecule has 1 atom stereocenters. The average molecular weight is 247 g/mol. The van der Waals surface area contributed by atoms with Crippen LogP contribution in [0.15, 0.2) is 18.3 Å². The van der Waals surface area contributed by atoms with Crippen molar-refractivity contribution in [1.29, 1.82) is 0 Å². The maximum absolute atomic E-state index is 5.66. The molecule has 1 aliphatic heterocycles. The molecule has 1 fully saturated rings. The second-order valence-electron chi connectivity index (χ2n) is 5.79. The van der Waals surface area contributed by atoms with E-state index >= 15 is 0 Å². The van der Waals surface area contributed by atoms with E-state index in [-0.39, 0.29) is 0 Å². The molecule has 18 heavy (non-hydrogen) atoms. The molecule has 1 aromatic heterocycles. The lowest BCUT2D eigenvalue weighted by Crippen LogP contribution is -2.25. The van der Waals surface area contributed by atoms with Crippen molar-refractivity contribution >= 4 is 5.69 Å². The Morgan fingerprint density at radius 2 is 2.17 bits per heavy atom. The summed E-state index contributed by atoms with van der Waals surface area (Å²) in [7, 11) is 0. The largest absolute Gasteiger partial charge is 0.397 e. The summed E-state index contributed by atoms with van der Waals surface area (Å²) in [6, 6.07) is 3.98. The van der Waals surface area contributed by atoms with Crippen molar-refractivity contribution in [2.24, 2.45) is 11.8 Å². The Morgan fingerprint density at radius 1 is 1.33 bits per heavy atom. The molecule has 0 bridgehead atoms. The molecule has 2 heterocycles. The standard InChI is InChI=1S/C15H25N3/c1-12(2)13-4-3-8-18(9-7-13)11-15-6-5-14(16)10-17-15/h5-6,10,12-13H,3-4,7-9,11,16H2,1-2H3. The van der Waals surface area contributed by atoms with E-state index in [2.05, 4.69) is 23.7 Å². The summed E-state index contributed by atoms with van der Waals surface area (Å²) < 4.78 is 0. The van der Waals surface area contributed by atoms with Crippen molar-refractivity contribution in [3.63, 3.8) is 0 Å². The van der Waals surface area contributed by atoms with Gasteiger partial charge in [0.25, 0.3) is 0 Å². The topological polar surface area (TPSA) is 42.1 Å². The first-order valence-electron chi connectivity index (χ1n) is 7.08. The van der Waals surface area contributed by atoms with Crippen molar-refractivity contribution in [3.8, 4) is 0 Å². The van der Waals surface area contributed by atoms with Crippen LogP contribution >= 0.6 is 0 Å². The average Bonchev–Trinajstić information content (AvgIpc) is 2.58. The fraction of sp³-hybridized carbons (Fsp3) is 0.667. The fourth-order valence-corrected chi connectivity index (χ4v) is 2.76. The number of nitrogen functional groups attached to an aromatic ring is 1.